The molecule has 1 aliphatic carbocycles. The van der Waals surface area contributed by atoms with E-state index in [0.29, 0.717) is 12.5 Å². The van der Waals surface area contributed by atoms with Crippen LogP contribution < -0.4 is 10.6 Å². The second kappa shape index (κ2) is 9.62. The van der Waals surface area contributed by atoms with Crippen molar-refractivity contribution in [1.82, 2.24) is 45.6 Å². The number of carbonyl (C=O) groups excluding carboxylic acids is 2. The number of aromatic nitrogens is 7. The summed E-state index contributed by atoms with van der Waals surface area (Å²) in [6.45, 7) is 0.534. The second-order valence-electron chi connectivity index (χ2n) is 7.74. The van der Waals surface area contributed by atoms with E-state index >= 15 is 0 Å². The number of pyridine rings is 1. The molecule has 11 nitrogen and oxygen atoms in total. The lowest BCUT2D eigenvalue weighted by molar-refractivity contribution is 0.0942. The maximum Gasteiger partial charge on any atom is 0.273 e. The molecule has 3 aromatic rings. The summed E-state index contributed by atoms with van der Waals surface area (Å²) in [5.41, 5.74) is 2.42. The van der Waals surface area contributed by atoms with Crippen LogP contribution in [0.2, 0.25) is 0 Å². The van der Waals surface area contributed by atoms with E-state index in [4.69, 9.17) is 0 Å². The summed E-state index contributed by atoms with van der Waals surface area (Å²) in [6.07, 6.45) is 7.74. The van der Waals surface area contributed by atoms with Gasteiger partial charge in [-0.1, -0.05) is 16.5 Å². The number of aryl methyl sites for hydroxylation is 1. The maximum atomic E-state index is 14.4. The van der Waals surface area contributed by atoms with Crippen LogP contribution >= 0.6 is 0 Å². The molecule has 0 saturated heterocycles. The van der Waals surface area contributed by atoms with Crippen molar-refractivity contribution in [1.29, 1.82) is 0 Å². The van der Waals surface area contributed by atoms with Gasteiger partial charge >= 0.3 is 0 Å². The van der Waals surface area contributed by atoms with Gasteiger partial charge in [-0.3, -0.25) is 19.3 Å². The van der Waals surface area contributed by atoms with Crippen LogP contribution in [-0.4, -0.2) is 60.0 Å². The third-order valence-corrected chi connectivity index (χ3v) is 5.14. The Kier molecular flexibility index (Phi) is 6.47. The first-order chi connectivity index (χ1) is 15.5. The smallest absolute Gasteiger partial charge is 0.273 e. The van der Waals surface area contributed by atoms with Gasteiger partial charge in [0.25, 0.3) is 11.8 Å². The maximum absolute atomic E-state index is 14.4. The molecule has 2 amide bonds. The van der Waals surface area contributed by atoms with Gasteiger partial charge in [-0.25, -0.2) is 9.07 Å². The lowest BCUT2D eigenvalue weighted by Crippen LogP contribution is -2.23. The average molecular weight is 441 g/mol. The molecule has 3 heterocycles. The monoisotopic (exact) mass is 441 g/mol. The minimum atomic E-state index is -1.24. The molecule has 0 aliphatic heterocycles. The Morgan fingerprint density at radius 3 is 2.59 bits per heavy atom. The predicted octanol–water partition coefficient (Wildman–Crippen LogP) is 0.860. The number of hydrogen-bond donors (Lipinski definition) is 2. The number of halogens is 1. The Labute approximate surface area is 183 Å². The zero-order valence-electron chi connectivity index (χ0n) is 17.6. The fraction of sp³-hybridized carbons (Fsp3) is 0.450. The van der Waals surface area contributed by atoms with E-state index in [9.17, 15) is 14.0 Å². The normalized spacial score (nSPS) is 14.2. The first-order valence-corrected chi connectivity index (χ1v) is 10.4. The Hall–Kier alpha value is -3.70. The number of rotatable bonds is 10. The molecule has 0 radical (unpaired) electrons. The molecular formula is C20H24FN9O2. The van der Waals surface area contributed by atoms with Crippen molar-refractivity contribution in [2.75, 3.05) is 7.05 Å². The summed E-state index contributed by atoms with van der Waals surface area (Å²) in [5, 5.41) is 20.4. The van der Waals surface area contributed by atoms with Crippen LogP contribution in [0.5, 0.6) is 0 Å². The van der Waals surface area contributed by atoms with E-state index in [0.717, 1.165) is 5.56 Å². The molecule has 4 rings (SSSR count). The van der Waals surface area contributed by atoms with E-state index in [-0.39, 0.29) is 42.7 Å². The average Bonchev–Trinajstić information content (AvgIpc) is 3.37. The molecule has 0 spiro atoms. The Morgan fingerprint density at radius 2 is 1.84 bits per heavy atom. The topological polar surface area (TPSA) is 133 Å². The largest absolute Gasteiger partial charge is 0.354 e. The van der Waals surface area contributed by atoms with Crippen molar-refractivity contribution in [2.24, 2.45) is 0 Å². The van der Waals surface area contributed by atoms with E-state index in [2.05, 4.69) is 42.3 Å². The number of nitrogens with one attached hydrogen (secondary N) is 2. The third-order valence-electron chi connectivity index (χ3n) is 5.14. The molecule has 0 aromatic carbocycles. The van der Waals surface area contributed by atoms with Gasteiger partial charge in [0.05, 0.1) is 18.9 Å². The third kappa shape index (κ3) is 5.50. The van der Waals surface area contributed by atoms with Gasteiger partial charge in [-0.2, -0.15) is 0 Å². The van der Waals surface area contributed by atoms with Gasteiger partial charge in [-0.15, -0.1) is 10.2 Å². The molecule has 1 aliphatic rings. The molecule has 1 atom stereocenters. The standard InChI is InChI=1S/C20H24FN9O2/c1-22-19(31)17-11-29(27-25-17)5-4-16(21)10-30-12-18(26-28-30)20(32)24-8-13-6-15(9-23-7-13)14-2-3-14/h6-7,9,11-12,14,16H,2-5,8,10H2,1H3,(H,22,31)(H,24,32). The van der Waals surface area contributed by atoms with Gasteiger partial charge in [-0.05, 0) is 29.9 Å². The molecule has 1 fully saturated rings. The minimum Gasteiger partial charge on any atom is -0.354 e. The van der Waals surface area contributed by atoms with Crippen molar-refractivity contribution >= 4 is 11.8 Å². The van der Waals surface area contributed by atoms with E-state index in [1.54, 1.807) is 6.20 Å². The van der Waals surface area contributed by atoms with Crippen LogP contribution in [-0.2, 0) is 19.6 Å². The number of carbonyl (C=O) groups is 2. The van der Waals surface area contributed by atoms with Gasteiger partial charge in [0, 0.05) is 39.0 Å². The van der Waals surface area contributed by atoms with Crippen molar-refractivity contribution in [3.63, 3.8) is 0 Å². The highest BCUT2D eigenvalue weighted by molar-refractivity contribution is 5.92. The fourth-order valence-electron chi connectivity index (χ4n) is 3.22. The summed E-state index contributed by atoms with van der Waals surface area (Å²) < 4.78 is 17.1. The number of nitrogens with zero attached hydrogens (tertiary/aromatic N) is 7. The highest BCUT2D eigenvalue weighted by atomic mass is 19.1. The molecule has 12 heteroatoms. The predicted molar refractivity (Wildman–Crippen MR) is 110 cm³/mol. The van der Waals surface area contributed by atoms with Crippen molar-refractivity contribution in [3.8, 4) is 0 Å². The van der Waals surface area contributed by atoms with E-state index < -0.39 is 6.17 Å². The van der Waals surface area contributed by atoms with Crippen LogP contribution in [0.4, 0.5) is 4.39 Å². The molecule has 0 bridgehead atoms. The van der Waals surface area contributed by atoms with Gasteiger partial charge in [0.1, 0.15) is 6.17 Å². The molecule has 3 aromatic heterocycles. The number of alkyl halides is 1. The first kappa shape index (κ1) is 21.5. The molecule has 32 heavy (non-hydrogen) atoms. The van der Waals surface area contributed by atoms with Crippen molar-refractivity contribution in [2.45, 2.75) is 51.0 Å². The fourth-order valence-corrected chi connectivity index (χ4v) is 3.22. The quantitative estimate of drug-likeness (QED) is 0.477. The van der Waals surface area contributed by atoms with E-state index in [1.165, 1.54) is 47.2 Å². The van der Waals surface area contributed by atoms with Crippen LogP contribution in [0.25, 0.3) is 0 Å². The Bertz CT molecular complexity index is 1090. The first-order valence-electron chi connectivity index (χ1n) is 10.4. The Morgan fingerprint density at radius 1 is 1.12 bits per heavy atom. The zero-order valence-corrected chi connectivity index (χ0v) is 17.6. The molecule has 168 valence electrons. The highest BCUT2D eigenvalue weighted by Crippen LogP contribution is 2.39. The van der Waals surface area contributed by atoms with Gasteiger partial charge < -0.3 is 10.6 Å². The van der Waals surface area contributed by atoms with Crippen LogP contribution in [0.1, 0.15) is 57.3 Å². The summed E-state index contributed by atoms with van der Waals surface area (Å²) in [5.74, 6) is -0.143. The van der Waals surface area contributed by atoms with Gasteiger partial charge in [0.15, 0.2) is 11.4 Å². The Balaban J connectivity index is 1.23. The van der Waals surface area contributed by atoms with Crippen LogP contribution in [0.15, 0.2) is 30.9 Å². The van der Waals surface area contributed by atoms with Crippen molar-refractivity contribution < 1.29 is 14.0 Å². The summed E-state index contributed by atoms with van der Waals surface area (Å²) >= 11 is 0. The SMILES string of the molecule is CNC(=O)c1cn(CCC(F)Cn2cc(C(=O)NCc3cncc(C4CC4)c3)nn2)nn1. The zero-order chi connectivity index (χ0) is 22.5. The summed E-state index contributed by atoms with van der Waals surface area (Å²) in [6, 6.07) is 2.06. The minimum absolute atomic E-state index is 0.0510. The molecular weight excluding hydrogens is 417 g/mol. The lowest BCUT2D eigenvalue weighted by atomic mass is 10.1. The van der Waals surface area contributed by atoms with Crippen LogP contribution in [0.3, 0.4) is 0 Å². The van der Waals surface area contributed by atoms with Crippen LogP contribution in [0, 0.1) is 0 Å². The number of hydrogen-bond acceptors (Lipinski definition) is 7. The lowest BCUT2D eigenvalue weighted by Gasteiger charge is -2.07. The van der Waals surface area contributed by atoms with E-state index in [1.807, 2.05) is 6.20 Å². The summed E-state index contributed by atoms with van der Waals surface area (Å²) in [4.78, 5) is 28.1. The molecule has 1 unspecified atom stereocenters. The molecule has 1 saturated carbocycles. The highest BCUT2D eigenvalue weighted by Gasteiger charge is 2.24. The second-order valence-corrected chi connectivity index (χ2v) is 7.74. The molecule has 2 N–H and O–H groups in total. The summed E-state index contributed by atoms with van der Waals surface area (Å²) in [7, 11) is 1.50. The number of amides is 2. The van der Waals surface area contributed by atoms with Crippen molar-refractivity contribution in [3.05, 3.63) is 53.4 Å². The van der Waals surface area contributed by atoms with Gasteiger partial charge in [0.2, 0.25) is 0 Å².